The minimum absolute atomic E-state index is 0.220. The van der Waals surface area contributed by atoms with E-state index >= 15 is 0 Å². The van der Waals surface area contributed by atoms with Crippen LogP contribution in [0.15, 0.2) is 30.5 Å². The highest BCUT2D eigenvalue weighted by atomic mass is 35.5. The Kier molecular flexibility index (Phi) is 3.13. The Bertz CT molecular complexity index is 541. The maximum absolute atomic E-state index is 13.7. The van der Waals surface area contributed by atoms with E-state index in [-0.39, 0.29) is 5.69 Å². The van der Waals surface area contributed by atoms with Gasteiger partial charge in [0.1, 0.15) is 11.5 Å². The molecule has 0 amide bonds. The SMILES string of the molecule is Cc1cnc(-c2cccc(Cl)c2Cl)c(F)c1. The molecular formula is C12H8Cl2FN. The summed E-state index contributed by atoms with van der Waals surface area (Å²) in [6, 6.07) is 6.47. The van der Waals surface area contributed by atoms with Crippen LogP contribution in [0, 0.1) is 12.7 Å². The predicted molar refractivity (Wildman–Crippen MR) is 64.4 cm³/mol. The van der Waals surface area contributed by atoms with Crippen LogP contribution in [0.4, 0.5) is 4.39 Å². The molecule has 0 aliphatic carbocycles. The standard InChI is InChI=1S/C12H8Cl2FN/c1-7-5-10(15)12(16-6-7)8-3-2-4-9(13)11(8)14/h2-6H,1H3. The lowest BCUT2D eigenvalue weighted by atomic mass is 10.1. The van der Waals surface area contributed by atoms with Crippen molar-refractivity contribution in [2.45, 2.75) is 6.92 Å². The largest absolute Gasteiger partial charge is 0.253 e. The monoisotopic (exact) mass is 255 g/mol. The number of aryl methyl sites for hydroxylation is 1. The van der Waals surface area contributed by atoms with Gasteiger partial charge < -0.3 is 0 Å². The highest BCUT2D eigenvalue weighted by molar-refractivity contribution is 6.43. The van der Waals surface area contributed by atoms with E-state index in [9.17, 15) is 4.39 Å². The molecule has 1 nitrogen and oxygen atoms in total. The molecule has 1 aromatic carbocycles. The maximum Gasteiger partial charge on any atom is 0.149 e. The molecule has 82 valence electrons. The number of benzene rings is 1. The van der Waals surface area contributed by atoms with E-state index in [1.54, 1.807) is 31.3 Å². The van der Waals surface area contributed by atoms with Gasteiger partial charge in [-0.3, -0.25) is 4.98 Å². The second kappa shape index (κ2) is 4.40. The molecule has 0 spiro atoms. The lowest BCUT2D eigenvalue weighted by molar-refractivity contribution is 0.624. The number of hydrogen-bond donors (Lipinski definition) is 0. The highest BCUT2D eigenvalue weighted by Gasteiger charge is 2.12. The number of hydrogen-bond acceptors (Lipinski definition) is 1. The minimum Gasteiger partial charge on any atom is -0.253 e. The van der Waals surface area contributed by atoms with Gasteiger partial charge in [-0.1, -0.05) is 35.3 Å². The summed E-state index contributed by atoms with van der Waals surface area (Å²) < 4.78 is 13.7. The van der Waals surface area contributed by atoms with Crippen molar-refractivity contribution in [3.05, 3.63) is 51.9 Å². The van der Waals surface area contributed by atoms with Gasteiger partial charge in [-0.05, 0) is 24.6 Å². The van der Waals surface area contributed by atoms with E-state index in [2.05, 4.69) is 4.98 Å². The number of pyridine rings is 1. The predicted octanol–water partition coefficient (Wildman–Crippen LogP) is 4.50. The Morgan fingerprint density at radius 3 is 2.69 bits per heavy atom. The number of aromatic nitrogens is 1. The zero-order valence-corrected chi connectivity index (χ0v) is 9.98. The van der Waals surface area contributed by atoms with E-state index in [4.69, 9.17) is 23.2 Å². The molecule has 1 heterocycles. The molecule has 0 fully saturated rings. The molecule has 0 saturated carbocycles. The first-order chi connectivity index (χ1) is 7.59. The summed E-state index contributed by atoms with van der Waals surface area (Å²) in [5.74, 6) is -0.399. The van der Waals surface area contributed by atoms with E-state index in [1.165, 1.54) is 6.07 Å². The summed E-state index contributed by atoms with van der Waals surface area (Å²) in [5, 5.41) is 0.709. The van der Waals surface area contributed by atoms with Crippen molar-refractivity contribution in [3.63, 3.8) is 0 Å². The van der Waals surface area contributed by atoms with Crippen LogP contribution in [-0.2, 0) is 0 Å². The maximum atomic E-state index is 13.7. The van der Waals surface area contributed by atoms with Crippen molar-refractivity contribution in [1.29, 1.82) is 0 Å². The molecule has 2 rings (SSSR count). The first-order valence-corrected chi connectivity index (χ1v) is 5.41. The molecule has 2 aromatic rings. The third kappa shape index (κ3) is 2.04. The molecule has 0 saturated heterocycles. The number of nitrogens with zero attached hydrogens (tertiary/aromatic N) is 1. The Morgan fingerprint density at radius 2 is 2.00 bits per heavy atom. The fourth-order valence-electron chi connectivity index (χ4n) is 1.42. The third-order valence-corrected chi connectivity index (χ3v) is 3.00. The minimum atomic E-state index is -0.399. The summed E-state index contributed by atoms with van der Waals surface area (Å²) in [4.78, 5) is 4.03. The zero-order chi connectivity index (χ0) is 11.7. The summed E-state index contributed by atoms with van der Waals surface area (Å²) >= 11 is 11.9. The number of rotatable bonds is 1. The second-order valence-electron chi connectivity index (χ2n) is 3.44. The fraction of sp³-hybridized carbons (Fsp3) is 0.0833. The molecule has 0 N–H and O–H groups in total. The van der Waals surface area contributed by atoms with E-state index in [0.717, 1.165) is 5.56 Å². The van der Waals surface area contributed by atoms with Crippen molar-refractivity contribution >= 4 is 23.2 Å². The summed E-state index contributed by atoms with van der Waals surface area (Å²) in [7, 11) is 0. The van der Waals surface area contributed by atoms with Gasteiger partial charge in [0.05, 0.1) is 10.0 Å². The van der Waals surface area contributed by atoms with Crippen molar-refractivity contribution in [3.8, 4) is 11.3 Å². The van der Waals surface area contributed by atoms with Crippen molar-refractivity contribution < 1.29 is 4.39 Å². The summed E-state index contributed by atoms with van der Waals surface area (Å²) in [5.41, 5.74) is 1.49. The molecule has 0 atom stereocenters. The van der Waals surface area contributed by atoms with Crippen LogP contribution in [0.2, 0.25) is 10.0 Å². The molecule has 4 heteroatoms. The van der Waals surface area contributed by atoms with Gasteiger partial charge in [0.2, 0.25) is 0 Å². The van der Waals surface area contributed by atoms with Crippen LogP contribution in [0.25, 0.3) is 11.3 Å². The van der Waals surface area contributed by atoms with Crippen LogP contribution in [0.5, 0.6) is 0 Å². The Labute approximate surface area is 103 Å². The van der Waals surface area contributed by atoms with Gasteiger partial charge in [0.15, 0.2) is 0 Å². The molecule has 1 aromatic heterocycles. The normalized spacial score (nSPS) is 10.5. The van der Waals surface area contributed by atoms with Gasteiger partial charge in [0, 0.05) is 11.8 Å². The molecule has 0 aliphatic heterocycles. The average Bonchev–Trinajstić information content (AvgIpc) is 2.23. The highest BCUT2D eigenvalue weighted by Crippen LogP contribution is 2.33. The van der Waals surface area contributed by atoms with E-state index in [0.29, 0.717) is 15.6 Å². The average molecular weight is 256 g/mol. The second-order valence-corrected chi connectivity index (χ2v) is 4.23. The van der Waals surface area contributed by atoms with Gasteiger partial charge in [-0.25, -0.2) is 4.39 Å². The number of halogens is 3. The van der Waals surface area contributed by atoms with Crippen LogP contribution < -0.4 is 0 Å². The molecule has 0 radical (unpaired) electrons. The van der Waals surface area contributed by atoms with Crippen molar-refractivity contribution in [2.75, 3.05) is 0 Å². The Hall–Kier alpha value is -1.12. The Morgan fingerprint density at radius 1 is 1.25 bits per heavy atom. The summed E-state index contributed by atoms with van der Waals surface area (Å²) in [6.45, 7) is 1.78. The molecule has 0 aliphatic rings. The van der Waals surface area contributed by atoms with Crippen LogP contribution in [0.1, 0.15) is 5.56 Å². The zero-order valence-electron chi connectivity index (χ0n) is 8.47. The van der Waals surface area contributed by atoms with E-state index < -0.39 is 5.82 Å². The van der Waals surface area contributed by atoms with Gasteiger partial charge >= 0.3 is 0 Å². The van der Waals surface area contributed by atoms with Crippen LogP contribution >= 0.6 is 23.2 Å². The fourth-order valence-corrected chi connectivity index (χ4v) is 1.81. The first kappa shape index (κ1) is 11.4. The quantitative estimate of drug-likeness (QED) is 0.731. The molecule has 16 heavy (non-hydrogen) atoms. The first-order valence-electron chi connectivity index (χ1n) is 4.66. The third-order valence-electron chi connectivity index (χ3n) is 2.18. The molecular weight excluding hydrogens is 248 g/mol. The van der Waals surface area contributed by atoms with E-state index in [1.807, 2.05) is 0 Å². The topological polar surface area (TPSA) is 12.9 Å². The molecule has 0 bridgehead atoms. The summed E-state index contributed by atoms with van der Waals surface area (Å²) in [6.07, 6.45) is 1.59. The Balaban J connectivity index is 2.63. The molecule has 0 unspecified atom stereocenters. The van der Waals surface area contributed by atoms with Gasteiger partial charge in [0.25, 0.3) is 0 Å². The van der Waals surface area contributed by atoms with Crippen LogP contribution in [0.3, 0.4) is 0 Å². The smallest absolute Gasteiger partial charge is 0.149 e. The lowest BCUT2D eigenvalue weighted by Crippen LogP contribution is -1.91. The van der Waals surface area contributed by atoms with Crippen molar-refractivity contribution in [2.24, 2.45) is 0 Å². The van der Waals surface area contributed by atoms with Crippen molar-refractivity contribution in [1.82, 2.24) is 4.98 Å². The van der Waals surface area contributed by atoms with Gasteiger partial charge in [-0.2, -0.15) is 0 Å². The van der Waals surface area contributed by atoms with Crippen LogP contribution in [-0.4, -0.2) is 4.98 Å². The lowest BCUT2D eigenvalue weighted by Gasteiger charge is -2.06. The van der Waals surface area contributed by atoms with Gasteiger partial charge in [-0.15, -0.1) is 0 Å².